The van der Waals surface area contributed by atoms with Gasteiger partial charge >= 0.3 is 7.12 Å². The summed E-state index contributed by atoms with van der Waals surface area (Å²) in [7, 11) is -0.289. The molecule has 114 valence electrons. The first kappa shape index (κ1) is 14.3. The lowest BCUT2D eigenvalue weighted by Crippen LogP contribution is -2.41. The van der Waals surface area contributed by atoms with Crippen molar-refractivity contribution in [2.45, 2.75) is 57.7 Å². The van der Waals surface area contributed by atoms with Gasteiger partial charge in [0.2, 0.25) is 0 Å². The minimum atomic E-state index is -0.298. The largest absolute Gasteiger partial charge is 0.495 e. The van der Waals surface area contributed by atoms with Crippen LogP contribution in [0.15, 0.2) is 36.4 Å². The van der Waals surface area contributed by atoms with Crippen molar-refractivity contribution in [3.8, 4) is 0 Å². The molecule has 0 aromatic heterocycles. The highest BCUT2D eigenvalue weighted by Gasteiger charge is 2.52. The Morgan fingerprint density at radius 3 is 2.05 bits per heavy atom. The summed E-state index contributed by atoms with van der Waals surface area (Å²) >= 11 is 0. The van der Waals surface area contributed by atoms with E-state index >= 15 is 0 Å². The zero-order valence-electron chi connectivity index (χ0n) is 13.8. The van der Waals surface area contributed by atoms with E-state index in [0.29, 0.717) is 0 Å². The average Bonchev–Trinajstić information content (AvgIpc) is 3.26. The zero-order valence-corrected chi connectivity index (χ0v) is 13.8. The molecule has 1 saturated heterocycles. The molecule has 3 heteroatoms. The van der Waals surface area contributed by atoms with E-state index in [0.717, 1.165) is 11.4 Å². The minimum absolute atomic E-state index is 0.289. The van der Waals surface area contributed by atoms with Crippen molar-refractivity contribution >= 4 is 23.4 Å². The summed E-state index contributed by atoms with van der Waals surface area (Å²) in [6.45, 7) is 8.42. The average molecular weight is 294 g/mol. The van der Waals surface area contributed by atoms with Crippen LogP contribution >= 0.6 is 0 Å². The molecule has 2 aromatic rings. The normalized spacial score (nSPS) is 23.2. The van der Waals surface area contributed by atoms with Crippen LogP contribution in [-0.2, 0) is 9.31 Å². The Labute approximate surface area is 133 Å². The second kappa shape index (κ2) is 4.59. The molecule has 2 nitrogen and oxygen atoms in total. The summed E-state index contributed by atoms with van der Waals surface area (Å²) in [6, 6.07) is 13.1. The third-order valence-corrected chi connectivity index (χ3v) is 5.52. The van der Waals surface area contributed by atoms with E-state index < -0.39 is 0 Å². The van der Waals surface area contributed by atoms with Crippen LogP contribution in [0.3, 0.4) is 0 Å². The van der Waals surface area contributed by atoms with Crippen LogP contribution in [0, 0.1) is 0 Å². The molecule has 0 radical (unpaired) electrons. The molecule has 2 aliphatic rings. The molecule has 2 aromatic carbocycles. The van der Waals surface area contributed by atoms with Gasteiger partial charge in [-0.15, -0.1) is 0 Å². The molecular weight excluding hydrogens is 271 g/mol. The van der Waals surface area contributed by atoms with E-state index in [1.54, 1.807) is 0 Å². The van der Waals surface area contributed by atoms with E-state index in [1.165, 1.54) is 29.2 Å². The predicted molar refractivity (Wildman–Crippen MR) is 91.6 cm³/mol. The number of hydrogen-bond donors (Lipinski definition) is 0. The van der Waals surface area contributed by atoms with Crippen LogP contribution in [0.25, 0.3) is 10.8 Å². The Balaban J connectivity index is 1.82. The Bertz CT molecular complexity index is 715. The second-order valence-corrected chi connectivity index (χ2v) is 7.65. The molecule has 4 rings (SSSR count). The minimum Gasteiger partial charge on any atom is -0.399 e. The Morgan fingerprint density at radius 2 is 1.45 bits per heavy atom. The van der Waals surface area contributed by atoms with E-state index in [-0.39, 0.29) is 18.3 Å². The van der Waals surface area contributed by atoms with E-state index in [2.05, 4.69) is 64.1 Å². The van der Waals surface area contributed by atoms with Crippen LogP contribution < -0.4 is 5.46 Å². The molecule has 1 heterocycles. The summed E-state index contributed by atoms with van der Waals surface area (Å²) in [6.07, 6.45) is 2.64. The highest BCUT2D eigenvalue weighted by molar-refractivity contribution is 6.65. The molecule has 1 saturated carbocycles. The topological polar surface area (TPSA) is 18.5 Å². The fourth-order valence-electron chi connectivity index (χ4n) is 3.27. The van der Waals surface area contributed by atoms with Gasteiger partial charge in [0.25, 0.3) is 0 Å². The molecule has 0 atom stereocenters. The van der Waals surface area contributed by atoms with Crippen LogP contribution in [-0.4, -0.2) is 18.3 Å². The fourth-order valence-corrected chi connectivity index (χ4v) is 3.27. The lowest BCUT2D eigenvalue weighted by atomic mass is 9.75. The maximum Gasteiger partial charge on any atom is 0.495 e. The summed E-state index contributed by atoms with van der Waals surface area (Å²) in [5.41, 5.74) is 2.04. The molecule has 22 heavy (non-hydrogen) atoms. The summed E-state index contributed by atoms with van der Waals surface area (Å²) in [5.74, 6) is 0.747. The quantitative estimate of drug-likeness (QED) is 0.779. The van der Waals surface area contributed by atoms with Crippen molar-refractivity contribution in [1.82, 2.24) is 0 Å². The zero-order chi connectivity index (χ0) is 15.5. The molecule has 2 fully saturated rings. The Hall–Kier alpha value is -1.32. The van der Waals surface area contributed by atoms with Crippen molar-refractivity contribution in [1.29, 1.82) is 0 Å². The van der Waals surface area contributed by atoms with Gasteiger partial charge in [-0.1, -0.05) is 36.4 Å². The second-order valence-electron chi connectivity index (χ2n) is 7.65. The van der Waals surface area contributed by atoms with E-state index in [4.69, 9.17) is 9.31 Å². The van der Waals surface area contributed by atoms with Gasteiger partial charge in [0.15, 0.2) is 0 Å². The Kier molecular flexibility index (Phi) is 2.98. The van der Waals surface area contributed by atoms with Crippen molar-refractivity contribution in [2.75, 3.05) is 0 Å². The molecule has 0 spiro atoms. The van der Waals surface area contributed by atoms with Gasteiger partial charge in [-0.25, -0.2) is 0 Å². The standard InChI is InChI=1S/C19H23BO2/c1-18(2)19(3,4)22-20(21-18)17-12-11-14(13-9-10-13)15-7-5-6-8-16(15)17/h5-8,11-13H,9-10H2,1-4H3. The molecule has 1 aliphatic heterocycles. The van der Waals surface area contributed by atoms with Crippen molar-refractivity contribution in [3.63, 3.8) is 0 Å². The van der Waals surface area contributed by atoms with Crippen molar-refractivity contribution in [3.05, 3.63) is 42.0 Å². The van der Waals surface area contributed by atoms with Gasteiger partial charge in [-0.2, -0.15) is 0 Å². The number of benzene rings is 2. The molecule has 0 N–H and O–H groups in total. The number of hydrogen-bond acceptors (Lipinski definition) is 2. The highest BCUT2D eigenvalue weighted by Crippen LogP contribution is 2.43. The lowest BCUT2D eigenvalue weighted by molar-refractivity contribution is 0.00578. The van der Waals surface area contributed by atoms with E-state index in [1.807, 2.05) is 0 Å². The maximum absolute atomic E-state index is 6.25. The smallest absolute Gasteiger partial charge is 0.399 e. The van der Waals surface area contributed by atoms with Gasteiger partial charge in [-0.05, 0) is 68.3 Å². The first-order valence-corrected chi connectivity index (χ1v) is 8.26. The molecule has 0 amide bonds. The van der Waals surface area contributed by atoms with E-state index in [9.17, 15) is 0 Å². The molecular formula is C19H23BO2. The SMILES string of the molecule is CC1(C)OB(c2ccc(C3CC3)c3ccccc23)OC1(C)C. The summed E-state index contributed by atoms with van der Waals surface area (Å²) < 4.78 is 12.5. The van der Waals surface area contributed by atoms with Crippen molar-refractivity contribution < 1.29 is 9.31 Å². The highest BCUT2D eigenvalue weighted by atomic mass is 16.7. The van der Waals surface area contributed by atoms with Gasteiger partial charge in [-0.3, -0.25) is 0 Å². The van der Waals surface area contributed by atoms with Crippen molar-refractivity contribution in [2.24, 2.45) is 0 Å². The van der Waals surface area contributed by atoms with Crippen LogP contribution in [0.4, 0.5) is 0 Å². The van der Waals surface area contributed by atoms with Crippen LogP contribution in [0.5, 0.6) is 0 Å². The maximum atomic E-state index is 6.25. The van der Waals surface area contributed by atoms with Crippen LogP contribution in [0.1, 0.15) is 52.0 Å². The molecule has 1 aliphatic carbocycles. The predicted octanol–water partition coefficient (Wildman–Crippen LogP) is 4.02. The first-order valence-electron chi connectivity index (χ1n) is 8.26. The van der Waals surface area contributed by atoms with Gasteiger partial charge in [0, 0.05) is 0 Å². The third kappa shape index (κ3) is 2.11. The first-order chi connectivity index (χ1) is 10.4. The molecule has 0 unspecified atom stereocenters. The number of rotatable bonds is 2. The van der Waals surface area contributed by atoms with Gasteiger partial charge < -0.3 is 9.31 Å². The monoisotopic (exact) mass is 294 g/mol. The third-order valence-electron chi connectivity index (χ3n) is 5.52. The van der Waals surface area contributed by atoms with Gasteiger partial charge in [0.05, 0.1) is 11.2 Å². The van der Waals surface area contributed by atoms with Gasteiger partial charge in [0.1, 0.15) is 0 Å². The summed E-state index contributed by atoms with van der Waals surface area (Å²) in [5, 5.41) is 2.63. The van der Waals surface area contributed by atoms with Crippen LogP contribution in [0.2, 0.25) is 0 Å². The summed E-state index contributed by atoms with van der Waals surface area (Å²) in [4.78, 5) is 0. The lowest BCUT2D eigenvalue weighted by Gasteiger charge is -2.32. The molecule has 0 bridgehead atoms. The number of fused-ring (bicyclic) bond motifs is 1. The fraction of sp³-hybridized carbons (Fsp3) is 0.474. The Morgan fingerprint density at radius 1 is 0.864 bits per heavy atom.